The maximum absolute atomic E-state index is 5.54. The molecule has 0 aliphatic carbocycles. The molecule has 0 fully saturated rings. The third-order valence-corrected chi connectivity index (χ3v) is 2.69. The van der Waals surface area contributed by atoms with Gasteiger partial charge in [0, 0.05) is 11.1 Å². The molecule has 1 aromatic heterocycles. The number of benzene rings is 1. The summed E-state index contributed by atoms with van der Waals surface area (Å²) in [6.07, 6.45) is 3.53. The maximum atomic E-state index is 5.54. The molecule has 0 amide bonds. The first-order chi connectivity index (χ1) is 7.85. The van der Waals surface area contributed by atoms with Gasteiger partial charge >= 0.3 is 0 Å². The second kappa shape index (κ2) is 4.94. The fourth-order valence-corrected chi connectivity index (χ4v) is 1.73. The van der Waals surface area contributed by atoms with Crippen LogP contribution in [0.4, 0.5) is 0 Å². The molecule has 0 saturated heterocycles. The Morgan fingerprint density at radius 3 is 2.62 bits per heavy atom. The average molecular weight is 216 g/mol. The lowest BCUT2D eigenvalue weighted by Gasteiger charge is -2.01. The first kappa shape index (κ1) is 10.9. The molecule has 0 saturated carbocycles. The first-order valence-corrected chi connectivity index (χ1v) is 5.57. The third kappa shape index (κ3) is 2.14. The monoisotopic (exact) mass is 216 g/mol. The summed E-state index contributed by atoms with van der Waals surface area (Å²) in [5.41, 5.74) is 9.95. The smallest absolute Gasteiger partial charge is 0.127 e. The molecule has 2 N–H and O–H groups in total. The van der Waals surface area contributed by atoms with Crippen LogP contribution in [-0.2, 0) is 12.8 Å². The van der Waals surface area contributed by atoms with Gasteiger partial charge in [-0.3, -0.25) is 0 Å². The van der Waals surface area contributed by atoms with Crippen LogP contribution >= 0.6 is 0 Å². The Balaban J connectivity index is 2.31. The predicted octanol–water partition coefficient (Wildman–Crippen LogP) is 2.41. The van der Waals surface area contributed by atoms with Crippen molar-refractivity contribution >= 4 is 0 Å². The molecule has 0 aliphatic rings. The van der Waals surface area contributed by atoms with Crippen molar-refractivity contribution in [3.05, 3.63) is 41.7 Å². The summed E-state index contributed by atoms with van der Waals surface area (Å²) in [5, 5.41) is 4.03. The second-order valence-corrected chi connectivity index (χ2v) is 3.78. The van der Waals surface area contributed by atoms with Crippen molar-refractivity contribution in [1.82, 2.24) is 5.16 Å². The summed E-state index contributed by atoms with van der Waals surface area (Å²) >= 11 is 0. The standard InChI is InChI=1S/C13H16N2O/c1-2-10-3-5-11(6-4-10)13-12(7-8-14)9-16-15-13/h3-6,9H,2,7-8,14H2,1H3. The molecule has 0 radical (unpaired) electrons. The molecule has 1 heterocycles. The molecule has 0 bridgehead atoms. The van der Waals surface area contributed by atoms with Gasteiger partial charge in [-0.1, -0.05) is 36.3 Å². The van der Waals surface area contributed by atoms with Gasteiger partial charge in [0.05, 0.1) is 0 Å². The molecular formula is C13H16N2O. The predicted molar refractivity (Wildman–Crippen MR) is 64.1 cm³/mol. The minimum absolute atomic E-state index is 0.612. The van der Waals surface area contributed by atoms with E-state index in [1.807, 2.05) is 0 Å². The summed E-state index contributed by atoms with van der Waals surface area (Å²) in [4.78, 5) is 0. The highest BCUT2D eigenvalue weighted by Gasteiger charge is 2.08. The van der Waals surface area contributed by atoms with Crippen molar-refractivity contribution in [2.24, 2.45) is 5.73 Å². The van der Waals surface area contributed by atoms with Crippen LogP contribution in [-0.4, -0.2) is 11.7 Å². The summed E-state index contributed by atoms with van der Waals surface area (Å²) < 4.78 is 5.00. The van der Waals surface area contributed by atoms with Crippen LogP contribution in [0, 0.1) is 0 Å². The summed E-state index contributed by atoms with van der Waals surface area (Å²) in [7, 11) is 0. The molecule has 3 heteroatoms. The van der Waals surface area contributed by atoms with Crippen molar-refractivity contribution < 1.29 is 4.52 Å². The Kier molecular flexibility index (Phi) is 3.37. The molecule has 0 atom stereocenters. The molecule has 2 rings (SSSR count). The summed E-state index contributed by atoms with van der Waals surface area (Å²) in [5.74, 6) is 0. The zero-order valence-electron chi connectivity index (χ0n) is 9.44. The molecule has 0 aliphatic heterocycles. The van der Waals surface area contributed by atoms with E-state index in [0.29, 0.717) is 6.54 Å². The second-order valence-electron chi connectivity index (χ2n) is 3.78. The van der Waals surface area contributed by atoms with E-state index >= 15 is 0 Å². The van der Waals surface area contributed by atoms with Crippen LogP contribution in [0.1, 0.15) is 18.1 Å². The van der Waals surface area contributed by atoms with Gasteiger partial charge in [0.1, 0.15) is 12.0 Å². The number of aryl methyl sites for hydroxylation is 1. The van der Waals surface area contributed by atoms with Crippen LogP contribution in [0.15, 0.2) is 35.1 Å². The molecule has 84 valence electrons. The fourth-order valence-electron chi connectivity index (χ4n) is 1.73. The SMILES string of the molecule is CCc1ccc(-c2nocc2CCN)cc1. The number of hydrogen-bond acceptors (Lipinski definition) is 3. The van der Waals surface area contributed by atoms with Gasteiger partial charge in [-0.05, 0) is 24.9 Å². The molecule has 0 spiro atoms. The molecule has 16 heavy (non-hydrogen) atoms. The Morgan fingerprint density at radius 2 is 2.00 bits per heavy atom. The molecule has 1 aromatic carbocycles. The van der Waals surface area contributed by atoms with Crippen molar-refractivity contribution in [3.8, 4) is 11.3 Å². The third-order valence-electron chi connectivity index (χ3n) is 2.69. The topological polar surface area (TPSA) is 52.0 Å². The zero-order valence-corrected chi connectivity index (χ0v) is 9.44. The molecule has 0 unspecified atom stereocenters. The van der Waals surface area contributed by atoms with Crippen LogP contribution in [0.25, 0.3) is 11.3 Å². The van der Waals surface area contributed by atoms with Gasteiger partial charge in [-0.2, -0.15) is 0 Å². The van der Waals surface area contributed by atoms with Crippen LogP contribution in [0.5, 0.6) is 0 Å². The molecular weight excluding hydrogens is 200 g/mol. The van der Waals surface area contributed by atoms with E-state index in [1.165, 1.54) is 5.56 Å². The summed E-state index contributed by atoms with van der Waals surface area (Å²) in [6.45, 7) is 2.76. The lowest BCUT2D eigenvalue weighted by Crippen LogP contribution is -2.02. The Bertz CT molecular complexity index is 445. The van der Waals surface area contributed by atoms with Gasteiger partial charge in [0.15, 0.2) is 0 Å². The normalized spacial score (nSPS) is 10.6. The van der Waals surface area contributed by atoms with Crippen molar-refractivity contribution in [2.45, 2.75) is 19.8 Å². The van der Waals surface area contributed by atoms with E-state index in [-0.39, 0.29) is 0 Å². The van der Waals surface area contributed by atoms with E-state index in [2.05, 4.69) is 36.3 Å². The van der Waals surface area contributed by atoms with E-state index in [4.69, 9.17) is 10.3 Å². The lowest BCUT2D eigenvalue weighted by molar-refractivity contribution is 0.421. The number of aromatic nitrogens is 1. The summed E-state index contributed by atoms with van der Waals surface area (Å²) in [6, 6.07) is 8.40. The van der Waals surface area contributed by atoms with Gasteiger partial charge < -0.3 is 10.3 Å². The quantitative estimate of drug-likeness (QED) is 0.853. The van der Waals surface area contributed by atoms with Gasteiger partial charge in [-0.25, -0.2) is 0 Å². The van der Waals surface area contributed by atoms with E-state index in [1.54, 1.807) is 6.26 Å². The highest BCUT2D eigenvalue weighted by atomic mass is 16.5. The Morgan fingerprint density at radius 1 is 1.25 bits per heavy atom. The highest BCUT2D eigenvalue weighted by Crippen LogP contribution is 2.22. The fraction of sp³-hybridized carbons (Fsp3) is 0.308. The van der Waals surface area contributed by atoms with E-state index in [9.17, 15) is 0 Å². The molecule has 2 aromatic rings. The number of hydrogen-bond donors (Lipinski definition) is 1. The van der Waals surface area contributed by atoms with E-state index in [0.717, 1.165) is 29.7 Å². The van der Waals surface area contributed by atoms with Gasteiger partial charge in [0.2, 0.25) is 0 Å². The lowest BCUT2D eigenvalue weighted by atomic mass is 10.0. The average Bonchev–Trinajstić information content (AvgIpc) is 2.78. The van der Waals surface area contributed by atoms with Gasteiger partial charge in [-0.15, -0.1) is 0 Å². The van der Waals surface area contributed by atoms with Crippen LogP contribution in [0.2, 0.25) is 0 Å². The minimum atomic E-state index is 0.612. The zero-order chi connectivity index (χ0) is 11.4. The van der Waals surface area contributed by atoms with Crippen molar-refractivity contribution in [3.63, 3.8) is 0 Å². The number of rotatable bonds is 4. The number of nitrogens with two attached hydrogens (primary N) is 1. The first-order valence-electron chi connectivity index (χ1n) is 5.57. The molecule has 3 nitrogen and oxygen atoms in total. The minimum Gasteiger partial charge on any atom is -0.364 e. The van der Waals surface area contributed by atoms with Crippen LogP contribution < -0.4 is 5.73 Å². The Hall–Kier alpha value is -1.61. The van der Waals surface area contributed by atoms with Crippen molar-refractivity contribution in [2.75, 3.05) is 6.54 Å². The van der Waals surface area contributed by atoms with E-state index < -0.39 is 0 Å². The van der Waals surface area contributed by atoms with Crippen LogP contribution in [0.3, 0.4) is 0 Å². The van der Waals surface area contributed by atoms with Crippen molar-refractivity contribution in [1.29, 1.82) is 0 Å². The Labute approximate surface area is 95.3 Å². The maximum Gasteiger partial charge on any atom is 0.127 e. The number of nitrogens with zero attached hydrogens (tertiary/aromatic N) is 1. The van der Waals surface area contributed by atoms with Gasteiger partial charge in [0.25, 0.3) is 0 Å². The highest BCUT2D eigenvalue weighted by molar-refractivity contribution is 5.62. The largest absolute Gasteiger partial charge is 0.364 e.